The van der Waals surface area contributed by atoms with Gasteiger partial charge in [0.2, 0.25) is 0 Å². The molecule has 0 saturated carbocycles. The van der Waals surface area contributed by atoms with Gasteiger partial charge in [-0.05, 0) is 23.8 Å². The van der Waals surface area contributed by atoms with Crippen LogP contribution in [0.1, 0.15) is 17.7 Å². The van der Waals surface area contributed by atoms with E-state index in [-0.39, 0.29) is 0 Å². The van der Waals surface area contributed by atoms with E-state index >= 15 is 0 Å². The summed E-state index contributed by atoms with van der Waals surface area (Å²) in [6, 6.07) is 5.15. The van der Waals surface area contributed by atoms with Crippen molar-refractivity contribution in [3.63, 3.8) is 0 Å². The highest BCUT2D eigenvalue weighted by molar-refractivity contribution is 5.98. The maximum atomic E-state index is 11.3. The summed E-state index contributed by atoms with van der Waals surface area (Å²) in [6.45, 7) is 1.53. The lowest BCUT2D eigenvalue weighted by molar-refractivity contribution is -0.0246. The predicted octanol–water partition coefficient (Wildman–Crippen LogP) is 2.53. The molecule has 30 heavy (non-hydrogen) atoms. The van der Waals surface area contributed by atoms with Gasteiger partial charge in [-0.15, -0.1) is 0 Å². The SMILES string of the molecule is COCc1cc(-c2cn(C)c3cnc(NC(N)=O)cc23)nc([C@@]2(OC)CCOC2)c1. The third-order valence-electron chi connectivity index (χ3n) is 5.44. The number of amides is 2. The van der Waals surface area contributed by atoms with E-state index in [0.717, 1.165) is 39.8 Å². The van der Waals surface area contributed by atoms with Crippen molar-refractivity contribution in [2.45, 2.75) is 18.6 Å². The highest BCUT2D eigenvalue weighted by Gasteiger charge is 2.39. The Balaban J connectivity index is 1.89. The lowest BCUT2D eigenvalue weighted by Crippen LogP contribution is -2.30. The fraction of sp³-hybridized carbons (Fsp3) is 0.381. The number of aryl methyl sites for hydroxylation is 1. The van der Waals surface area contributed by atoms with Crippen molar-refractivity contribution in [3.05, 3.63) is 41.9 Å². The average molecular weight is 411 g/mol. The first kappa shape index (κ1) is 20.3. The highest BCUT2D eigenvalue weighted by Crippen LogP contribution is 2.36. The largest absolute Gasteiger partial charge is 0.380 e. The molecule has 3 aromatic heterocycles. The Morgan fingerprint density at radius 1 is 1.37 bits per heavy atom. The predicted molar refractivity (Wildman–Crippen MR) is 112 cm³/mol. The zero-order valence-corrected chi connectivity index (χ0v) is 17.3. The number of hydrogen-bond donors (Lipinski definition) is 2. The summed E-state index contributed by atoms with van der Waals surface area (Å²) in [5.41, 5.74) is 9.07. The number of urea groups is 1. The molecule has 158 valence electrons. The summed E-state index contributed by atoms with van der Waals surface area (Å²) < 4.78 is 18.8. The van der Waals surface area contributed by atoms with Gasteiger partial charge in [0, 0.05) is 51.4 Å². The molecule has 0 spiro atoms. The Hall–Kier alpha value is -3.01. The smallest absolute Gasteiger partial charge is 0.317 e. The number of methoxy groups -OCH3 is 2. The molecule has 3 N–H and O–H groups in total. The normalized spacial score (nSPS) is 18.8. The number of nitrogens with two attached hydrogens (primary N) is 1. The first-order valence-electron chi connectivity index (χ1n) is 9.61. The maximum Gasteiger partial charge on any atom is 0.317 e. The first-order valence-corrected chi connectivity index (χ1v) is 9.61. The van der Waals surface area contributed by atoms with E-state index in [9.17, 15) is 4.79 Å². The van der Waals surface area contributed by atoms with Crippen molar-refractivity contribution in [2.24, 2.45) is 12.8 Å². The number of ether oxygens (including phenoxy) is 3. The molecule has 1 fully saturated rings. The number of carbonyl (C=O) groups excluding carboxylic acids is 1. The summed E-state index contributed by atoms with van der Waals surface area (Å²) in [7, 11) is 5.29. The lowest BCUT2D eigenvalue weighted by atomic mass is 9.95. The summed E-state index contributed by atoms with van der Waals surface area (Å²) in [5, 5.41) is 3.43. The van der Waals surface area contributed by atoms with Crippen LogP contribution in [0.4, 0.5) is 10.6 Å². The van der Waals surface area contributed by atoms with Crippen LogP contribution in [0.5, 0.6) is 0 Å². The van der Waals surface area contributed by atoms with Crippen LogP contribution in [-0.4, -0.2) is 48.0 Å². The molecule has 0 radical (unpaired) electrons. The van der Waals surface area contributed by atoms with Crippen LogP contribution in [0.2, 0.25) is 0 Å². The molecule has 1 aliphatic rings. The van der Waals surface area contributed by atoms with Crippen molar-refractivity contribution in [1.29, 1.82) is 0 Å². The van der Waals surface area contributed by atoms with Crippen LogP contribution >= 0.6 is 0 Å². The van der Waals surface area contributed by atoms with E-state index in [0.29, 0.717) is 25.6 Å². The third kappa shape index (κ3) is 3.62. The number of primary amides is 1. The van der Waals surface area contributed by atoms with Gasteiger partial charge in [0.05, 0.1) is 36.3 Å². The number of fused-ring (bicyclic) bond motifs is 1. The third-order valence-corrected chi connectivity index (χ3v) is 5.44. The quantitative estimate of drug-likeness (QED) is 0.644. The topological polar surface area (TPSA) is 114 Å². The van der Waals surface area contributed by atoms with E-state index in [1.165, 1.54) is 0 Å². The van der Waals surface area contributed by atoms with Crippen LogP contribution in [0.15, 0.2) is 30.6 Å². The summed E-state index contributed by atoms with van der Waals surface area (Å²) in [4.78, 5) is 20.5. The zero-order chi connectivity index (χ0) is 21.3. The monoisotopic (exact) mass is 411 g/mol. The molecule has 1 saturated heterocycles. The van der Waals surface area contributed by atoms with Crippen molar-refractivity contribution in [1.82, 2.24) is 14.5 Å². The number of nitrogens with zero attached hydrogens (tertiary/aromatic N) is 3. The number of rotatable bonds is 6. The molecule has 3 aromatic rings. The molecule has 0 aliphatic carbocycles. The van der Waals surface area contributed by atoms with Gasteiger partial charge in [-0.2, -0.15) is 0 Å². The second-order valence-electron chi connectivity index (χ2n) is 7.41. The second-order valence-corrected chi connectivity index (χ2v) is 7.41. The van der Waals surface area contributed by atoms with Crippen LogP contribution < -0.4 is 11.1 Å². The molecule has 9 nitrogen and oxygen atoms in total. The molecule has 1 aliphatic heterocycles. The van der Waals surface area contributed by atoms with E-state index < -0.39 is 11.6 Å². The van der Waals surface area contributed by atoms with Gasteiger partial charge < -0.3 is 24.5 Å². The fourth-order valence-electron chi connectivity index (χ4n) is 3.90. The van der Waals surface area contributed by atoms with Gasteiger partial charge in [-0.3, -0.25) is 5.32 Å². The van der Waals surface area contributed by atoms with E-state index in [1.807, 2.05) is 29.9 Å². The Morgan fingerprint density at radius 2 is 2.20 bits per heavy atom. The van der Waals surface area contributed by atoms with E-state index in [1.54, 1.807) is 26.5 Å². The van der Waals surface area contributed by atoms with E-state index in [4.69, 9.17) is 24.9 Å². The Bertz CT molecular complexity index is 1090. The molecular formula is C21H25N5O4. The number of carbonyl (C=O) groups is 1. The molecule has 0 unspecified atom stereocenters. The minimum absolute atomic E-state index is 0.383. The fourth-order valence-corrected chi connectivity index (χ4v) is 3.90. The summed E-state index contributed by atoms with van der Waals surface area (Å²) in [5.74, 6) is 0.383. The number of aromatic nitrogens is 3. The molecular weight excluding hydrogens is 386 g/mol. The Labute approximate surface area is 174 Å². The average Bonchev–Trinajstić information content (AvgIpc) is 3.33. The number of hydrogen-bond acceptors (Lipinski definition) is 6. The van der Waals surface area contributed by atoms with Gasteiger partial charge in [0.1, 0.15) is 11.4 Å². The zero-order valence-electron chi connectivity index (χ0n) is 17.3. The molecule has 0 bridgehead atoms. The molecule has 9 heteroatoms. The Kier molecular flexibility index (Phi) is 5.42. The van der Waals surface area contributed by atoms with Crippen LogP contribution in [0.25, 0.3) is 22.2 Å². The number of nitrogens with one attached hydrogen (secondary N) is 1. The lowest BCUT2D eigenvalue weighted by Gasteiger charge is -2.26. The molecule has 4 rings (SSSR count). The minimum Gasteiger partial charge on any atom is -0.380 e. The van der Waals surface area contributed by atoms with Crippen molar-refractivity contribution >= 4 is 22.8 Å². The molecule has 0 aromatic carbocycles. The highest BCUT2D eigenvalue weighted by atomic mass is 16.5. The summed E-state index contributed by atoms with van der Waals surface area (Å²) >= 11 is 0. The number of anilines is 1. The standard InChI is InChI=1S/C21H25N5O4/c1-26-10-15(14-8-19(25-20(22)27)23-9-17(14)26)16-6-13(11-28-2)7-18(24-16)21(29-3)4-5-30-12-21/h6-10H,4-5,11-12H2,1-3H3,(H3,22,23,25,27)/t21-/m1/s1. The van der Waals surface area contributed by atoms with Gasteiger partial charge >= 0.3 is 6.03 Å². The van der Waals surface area contributed by atoms with E-state index in [2.05, 4.69) is 10.3 Å². The molecule has 2 amide bonds. The van der Waals surface area contributed by atoms with Gasteiger partial charge in [-0.25, -0.2) is 14.8 Å². The molecule has 4 heterocycles. The Morgan fingerprint density at radius 3 is 2.87 bits per heavy atom. The number of pyridine rings is 2. The minimum atomic E-state index is -0.662. The van der Waals surface area contributed by atoms with Gasteiger partial charge in [-0.1, -0.05) is 0 Å². The van der Waals surface area contributed by atoms with Crippen LogP contribution in [-0.2, 0) is 33.5 Å². The second kappa shape index (κ2) is 8.02. The van der Waals surface area contributed by atoms with Crippen LogP contribution in [0, 0.1) is 0 Å². The van der Waals surface area contributed by atoms with Crippen LogP contribution in [0.3, 0.4) is 0 Å². The van der Waals surface area contributed by atoms with Crippen molar-refractivity contribution in [2.75, 3.05) is 32.8 Å². The maximum absolute atomic E-state index is 11.3. The molecule has 1 atom stereocenters. The van der Waals surface area contributed by atoms with Crippen molar-refractivity contribution in [3.8, 4) is 11.3 Å². The van der Waals surface area contributed by atoms with Gasteiger partial charge in [0.25, 0.3) is 0 Å². The first-order chi connectivity index (χ1) is 14.5. The van der Waals surface area contributed by atoms with Gasteiger partial charge in [0.15, 0.2) is 0 Å². The van der Waals surface area contributed by atoms with Crippen molar-refractivity contribution < 1.29 is 19.0 Å². The summed E-state index contributed by atoms with van der Waals surface area (Å²) in [6.07, 6.45) is 4.43.